The zero-order chi connectivity index (χ0) is 10.8. The third kappa shape index (κ3) is 1.88. The van der Waals surface area contributed by atoms with Crippen molar-refractivity contribution in [2.24, 2.45) is 5.73 Å². The third-order valence-corrected chi connectivity index (χ3v) is 2.78. The minimum atomic E-state index is -0.249. The number of hydrogen-bond acceptors (Lipinski definition) is 3. The number of carbonyl (C=O) groups is 1. The van der Waals surface area contributed by atoms with Crippen LogP contribution in [-0.2, 0) is 11.2 Å². The van der Waals surface area contributed by atoms with E-state index in [-0.39, 0.29) is 12.0 Å². The molecule has 0 aliphatic heterocycles. The van der Waals surface area contributed by atoms with E-state index in [1.54, 1.807) is 13.0 Å². The molecule has 1 aromatic rings. The highest BCUT2D eigenvalue weighted by atomic mass is 16.5. The summed E-state index contributed by atoms with van der Waals surface area (Å²) in [7, 11) is 0. The fourth-order valence-corrected chi connectivity index (χ4v) is 1.99. The van der Waals surface area contributed by atoms with Crippen molar-refractivity contribution in [3.8, 4) is 0 Å². The van der Waals surface area contributed by atoms with Gasteiger partial charge in [-0.3, -0.25) is 0 Å². The van der Waals surface area contributed by atoms with Crippen LogP contribution in [0.3, 0.4) is 0 Å². The van der Waals surface area contributed by atoms with Crippen LogP contribution in [0.1, 0.15) is 40.9 Å². The highest BCUT2D eigenvalue weighted by molar-refractivity contribution is 5.89. The summed E-state index contributed by atoms with van der Waals surface area (Å²) in [6.07, 6.45) is 1.94. The van der Waals surface area contributed by atoms with Crippen LogP contribution in [-0.4, -0.2) is 12.6 Å². The number of ether oxygens (including phenoxy) is 1. The molecule has 1 atom stereocenters. The number of rotatable bonds is 2. The van der Waals surface area contributed by atoms with E-state index in [2.05, 4.69) is 0 Å². The number of hydrogen-bond donors (Lipinski definition) is 1. The second kappa shape index (κ2) is 4.03. The average Bonchev–Trinajstić information content (AvgIpc) is 2.60. The van der Waals surface area contributed by atoms with Gasteiger partial charge in [-0.05, 0) is 43.0 Å². The smallest absolute Gasteiger partial charge is 0.338 e. The number of benzene rings is 1. The molecule has 0 fully saturated rings. The van der Waals surface area contributed by atoms with Crippen molar-refractivity contribution in [3.05, 3.63) is 34.9 Å². The van der Waals surface area contributed by atoms with E-state index < -0.39 is 0 Å². The first-order valence-electron chi connectivity index (χ1n) is 5.28. The minimum absolute atomic E-state index is 0.135. The fraction of sp³-hybridized carbons (Fsp3) is 0.417. The molecule has 0 amide bonds. The Hall–Kier alpha value is -1.35. The van der Waals surface area contributed by atoms with Gasteiger partial charge in [0.05, 0.1) is 12.2 Å². The van der Waals surface area contributed by atoms with Crippen LogP contribution in [0.15, 0.2) is 18.2 Å². The molecule has 0 spiro atoms. The second-order valence-electron chi connectivity index (χ2n) is 3.78. The predicted octanol–water partition coefficient (Wildman–Crippen LogP) is 1.81. The monoisotopic (exact) mass is 205 g/mol. The first-order valence-corrected chi connectivity index (χ1v) is 5.28. The number of aryl methyl sites for hydroxylation is 1. The van der Waals surface area contributed by atoms with Crippen LogP contribution in [0, 0.1) is 0 Å². The minimum Gasteiger partial charge on any atom is -0.462 e. The highest BCUT2D eigenvalue weighted by Crippen LogP contribution is 2.29. The number of esters is 1. The molecule has 15 heavy (non-hydrogen) atoms. The van der Waals surface area contributed by atoms with Crippen molar-refractivity contribution in [3.63, 3.8) is 0 Å². The lowest BCUT2D eigenvalue weighted by atomic mass is 10.1. The third-order valence-electron chi connectivity index (χ3n) is 2.78. The van der Waals surface area contributed by atoms with Crippen molar-refractivity contribution >= 4 is 5.97 Å². The Kier molecular flexibility index (Phi) is 2.73. The summed E-state index contributed by atoms with van der Waals surface area (Å²) in [5.41, 5.74) is 8.90. The van der Waals surface area contributed by atoms with Crippen molar-refractivity contribution in [1.82, 2.24) is 0 Å². The van der Waals surface area contributed by atoms with E-state index in [4.69, 9.17) is 10.5 Å². The van der Waals surface area contributed by atoms with E-state index in [0.717, 1.165) is 12.8 Å². The number of carbonyl (C=O) groups excluding carboxylic acids is 1. The molecule has 3 heteroatoms. The van der Waals surface area contributed by atoms with Crippen LogP contribution >= 0.6 is 0 Å². The molecule has 1 unspecified atom stereocenters. The molecule has 80 valence electrons. The lowest BCUT2D eigenvalue weighted by Crippen LogP contribution is -2.07. The van der Waals surface area contributed by atoms with Gasteiger partial charge in [-0.15, -0.1) is 0 Å². The maximum absolute atomic E-state index is 11.5. The van der Waals surface area contributed by atoms with Crippen molar-refractivity contribution in [1.29, 1.82) is 0 Å². The van der Waals surface area contributed by atoms with Gasteiger partial charge in [0.2, 0.25) is 0 Å². The largest absolute Gasteiger partial charge is 0.462 e. The Morgan fingerprint density at radius 3 is 3.13 bits per heavy atom. The molecule has 0 saturated carbocycles. The molecule has 2 rings (SSSR count). The Morgan fingerprint density at radius 2 is 2.40 bits per heavy atom. The Balaban J connectivity index is 2.27. The summed E-state index contributed by atoms with van der Waals surface area (Å²) in [6.45, 7) is 2.22. The maximum Gasteiger partial charge on any atom is 0.338 e. The van der Waals surface area contributed by atoms with E-state index in [1.807, 2.05) is 12.1 Å². The van der Waals surface area contributed by atoms with Crippen LogP contribution in [0.5, 0.6) is 0 Å². The topological polar surface area (TPSA) is 52.3 Å². The molecule has 0 radical (unpaired) electrons. The summed E-state index contributed by atoms with van der Waals surface area (Å²) in [5.74, 6) is -0.249. The standard InChI is InChI=1S/C12H15NO2/c1-2-15-12(14)9-3-5-10-8(7-9)4-6-11(10)13/h3,5,7,11H,2,4,6,13H2,1H3. The SMILES string of the molecule is CCOC(=O)c1ccc2c(c1)CCC2N. The first-order chi connectivity index (χ1) is 7.22. The first kappa shape index (κ1) is 10.2. The predicted molar refractivity (Wildman–Crippen MR) is 57.6 cm³/mol. The quantitative estimate of drug-likeness (QED) is 0.749. The Morgan fingerprint density at radius 1 is 1.60 bits per heavy atom. The van der Waals surface area contributed by atoms with E-state index in [1.165, 1.54) is 11.1 Å². The van der Waals surface area contributed by atoms with Gasteiger partial charge in [-0.1, -0.05) is 6.07 Å². The fourth-order valence-electron chi connectivity index (χ4n) is 1.99. The summed E-state index contributed by atoms with van der Waals surface area (Å²) < 4.78 is 4.94. The van der Waals surface area contributed by atoms with Gasteiger partial charge in [0.15, 0.2) is 0 Å². The lowest BCUT2D eigenvalue weighted by molar-refractivity contribution is 0.0526. The summed E-state index contributed by atoms with van der Waals surface area (Å²) in [6, 6.07) is 5.78. The van der Waals surface area contributed by atoms with Gasteiger partial charge in [-0.25, -0.2) is 4.79 Å². The van der Waals surface area contributed by atoms with Crippen molar-refractivity contribution in [2.75, 3.05) is 6.61 Å². The molecule has 2 N–H and O–H groups in total. The summed E-state index contributed by atoms with van der Waals surface area (Å²) in [4.78, 5) is 11.5. The van der Waals surface area contributed by atoms with Crippen LogP contribution in [0.2, 0.25) is 0 Å². The molecule has 1 aliphatic carbocycles. The van der Waals surface area contributed by atoms with Crippen LogP contribution in [0.4, 0.5) is 0 Å². The van der Waals surface area contributed by atoms with Gasteiger partial charge in [0.1, 0.15) is 0 Å². The lowest BCUT2D eigenvalue weighted by Gasteiger charge is -2.06. The van der Waals surface area contributed by atoms with Gasteiger partial charge >= 0.3 is 5.97 Å². The highest BCUT2D eigenvalue weighted by Gasteiger charge is 2.20. The molecule has 1 aliphatic rings. The van der Waals surface area contributed by atoms with Crippen LogP contribution < -0.4 is 5.73 Å². The molecule has 3 nitrogen and oxygen atoms in total. The molecule has 0 saturated heterocycles. The molecule has 0 bridgehead atoms. The van der Waals surface area contributed by atoms with Gasteiger partial charge < -0.3 is 10.5 Å². The van der Waals surface area contributed by atoms with Crippen molar-refractivity contribution < 1.29 is 9.53 Å². The van der Waals surface area contributed by atoms with Crippen molar-refractivity contribution in [2.45, 2.75) is 25.8 Å². The number of fused-ring (bicyclic) bond motifs is 1. The van der Waals surface area contributed by atoms with Gasteiger partial charge in [-0.2, -0.15) is 0 Å². The average molecular weight is 205 g/mol. The molecular formula is C12H15NO2. The second-order valence-corrected chi connectivity index (χ2v) is 3.78. The van der Waals surface area contributed by atoms with E-state index in [9.17, 15) is 4.79 Å². The number of nitrogens with two attached hydrogens (primary N) is 1. The molecule has 0 heterocycles. The van der Waals surface area contributed by atoms with E-state index >= 15 is 0 Å². The van der Waals surface area contributed by atoms with Gasteiger partial charge in [0, 0.05) is 6.04 Å². The Bertz CT molecular complexity index is 387. The van der Waals surface area contributed by atoms with Gasteiger partial charge in [0.25, 0.3) is 0 Å². The molecule has 1 aromatic carbocycles. The summed E-state index contributed by atoms with van der Waals surface area (Å²) >= 11 is 0. The Labute approximate surface area is 89.2 Å². The normalized spacial score (nSPS) is 18.7. The summed E-state index contributed by atoms with van der Waals surface area (Å²) in [5, 5.41) is 0. The zero-order valence-electron chi connectivity index (χ0n) is 8.82. The zero-order valence-corrected chi connectivity index (χ0v) is 8.82. The maximum atomic E-state index is 11.5. The molecular weight excluding hydrogens is 190 g/mol. The van der Waals surface area contributed by atoms with E-state index in [0.29, 0.717) is 12.2 Å². The van der Waals surface area contributed by atoms with Crippen LogP contribution in [0.25, 0.3) is 0 Å². The molecule has 0 aromatic heterocycles.